The van der Waals surface area contributed by atoms with Gasteiger partial charge in [0.25, 0.3) is 5.91 Å². The molecule has 2 aliphatic rings. The highest BCUT2D eigenvalue weighted by molar-refractivity contribution is 7.53. The first-order valence-electron chi connectivity index (χ1n) is 16.5. The van der Waals surface area contributed by atoms with Crippen molar-refractivity contribution >= 4 is 52.8 Å². The van der Waals surface area contributed by atoms with Crippen LogP contribution in [0.3, 0.4) is 0 Å². The fraction of sp³-hybridized carbons (Fsp3) is 0.225. The number of carbonyl (C=O) groups is 3. The standard InChI is InChI=1S/C40H37N2O6P/c1-41(33-20-23-42(24-21-33)38(44)31-18-17-27-9-2-4-12-30(27)25-31)39(45)40(22-19-28-10-3-5-13-32(28)26-40)37(43)36(49(46,47)48)35-16-8-14-29-11-6-7-15-34(29)35/h2-19,22,25,33,36H,20-21,23-24,26H2,1H3,(H2,46,47,48). The molecule has 1 fully saturated rings. The Balaban J connectivity index is 1.19. The maximum Gasteiger partial charge on any atom is 0.340 e. The Morgan fingerprint density at radius 2 is 1.47 bits per heavy atom. The lowest BCUT2D eigenvalue weighted by atomic mass is 9.70. The van der Waals surface area contributed by atoms with E-state index in [0.29, 0.717) is 36.9 Å². The Morgan fingerprint density at radius 3 is 2.22 bits per heavy atom. The van der Waals surface area contributed by atoms with Crippen LogP contribution in [-0.2, 0) is 20.6 Å². The Bertz CT molecular complexity index is 2180. The molecule has 5 aromatic rings. The fourth-order valence-electron chi connectivity index (χ4n) is 7.52. The average molecular weight is 673 g/mol. The number of hydrogen-bond acceptors (Lipinski definition) is 4. The number of piperidine rings is 1. The van der Waals surface area contributed by atoms with E-state index in [1.54, 1.807) is 53.3 Å². The molecule has 5 aromatic carbocycles. The highest BCUT2D eigenvalue weighted by atomic mass is 31.2. The number of benzene rings is 5. The molecule has 1 heterocycles. The molecule has 8 nitrogen and oxygen atoms in total. The van der Waals surface area contributed by atoms with Crippen LogP contribution in [0, 0.1) is 5.41 Å². The number of likely N-dealkylation sites (tertiary alicyclic amines) is 1. The van der Waals surface area contributed by atoms with Crippen LogP contribution in [0.5, 0.6) is 0 Å². The first-order valence-corrected chi connectivity index (χ1v) is 18.1. The molecule has 1 saturated heterocycles. The summed E-state index contributed by atoms with van der Waals surface area (Å²) >= 11 is 0. The van der Waals surface area contributed by atoms with Crippen molar-refractivity contribution in [1.29, 1.82) is 0 Å². The second-order valence-corrected chi connectivity index (χ2v) is 14.8. The van der Waals surface area contributed by atoms with E-state index in [2.05, 4.69) is 0 Å². The number of amides is 2. The zero-order valence-corrected chi connectivity index (χ0v) is 28.0. The van der Waals surface area contributed by atoms with Gasteiger partial charge in [-0.05, 0) is 69.6 Å². The van der Waals surface area contributed by atoms with Gasteiger partial charge >= 0.3 is 7.60 Å². The Kier molecular flexibility index (Phi) is 8.57. The normalized spacial score (nSPS) is 18.6. The molecule has 2 unspecified atom stereocenters. The van der Waals surface area contributed by atoms with E-state index in [-0.39, 0.29) is 23.9 Å². The van der Waals surface area contributed by atoms with Gasteiger partial charge < -0.3 is 19.6 Å². The Hall–Kier alpha value is -4.88. The molecule has 248 valence electrons. The zero-order valence-electron chi connectivity index (χ0n) is 27.1. The van der Waals surface area contributed by atoms with Crippen molar-refractivity contribution in [2.45, 2.75) is 31.0 Å². The van der Waals surface area contributed by atoms with E-state index < -0.39 is 30.4 Å². The number of fused-ring (bicyclic) bond motifs is 3. The van der Waals surface area contributed by atoms with Gasteiger partial charge in [-0.3, -0.25) is 18.9 Å². The van der Waals surface area contributed by atoms with Crippen LogP contribution in [0.15, 0.2) is 115 Å². The third-order valence-electron chi connectivity index (χ3n) is 10.2. The second kappa shape index (κ2) is 12.9. The number of Topliss-reactive ketones (excluding diaryl/α,β-unsaturated/α-hetero) is 1. The maximum absolute atomic E-state index is 14.9. The molecule has 2 N–H and O–H groups in total. The van der Waals surface area contributed by atoms with Gasteiger partial charge in [0, 0.05) is 31.7 Å². The molecule has 0 radical (unpaired) electrons. The van der Waals surface area contributed by atoms with Gasteiger partial charge in [-0.15, -0.1) is 0 Å². The van der Waals surface area contributed by atoms with Crippen LogP contribution in [0.4, 0.5) is 0 Å². The van der Waals surface area contributed by atoms with Crippen LogP contribution in [-0.4, -0.2) is 63.4 Å². The number of hydrogen-bond donors (Lipinski definition) is 2. The molecule has 9 heteroatoms. The summed E-state index contributed by atoms with van der Waals surface area (Å²) in [7, 11) is -3.46. The highest BCUT2D eigenvalue weighted by Crippen LogP contribution is 2.57. The molecule has 0 bridgehead atoms. The first-order chi connectivity index (χ1) is 23.6. The quantitative estimate of drug-likeness (QED) is 0.145. The van der Waals surface area contributed by atoms with Crippen LogP contribution >= 0.6 is 7.60 Å². The van der Waals surface area contributed by atoms with E-state index in [1.165, 1.54) is 0 Å². The Labute approximate surface area is 284 Å². The Morgan fingerprint density at radius 1 is 0.816 bits per heavy atom. The minimum absolute atomic E-state index is 0.0256. The number of carbonyl (C=O) groups excluding carboxylic acids is 3. The van der Waals surface area contributed by atoms with Crippen molar-refractivity contribution in [3.8, 4) is 0 Å². The van der Waals surface area contributed by atoms with Crippen molar-refractivity contribution in [3.05, 3.63) is 138 Å². The van der Waals surface area contributed by atoms with Crippen molar-refractivity contribution in [2.75, 3.05) is 20.1 Å². The summed E-state index contributed by atoms with van der Waals surface area (Å²) in [5, 5.41) is 3.33. The SMILES string of the molecule is CN(C(=O)C1(C(=O)C(c2cccc3ccccc23)P(=O)(O)O)C=Cc2ccccc2C1)C1CCN(C(=O)c2ccc3ccccc3c2)CC1. The van der Waals surface area contributed by atoms with E-state index in [4.69, 9.17) is 0 Å². The summed E-state index contributed by atoms with van der Waals surface area (Å²) in [6, 6.07) is 32.9. The van der Waals surface area contributed by atoms with Gasteiger partial charge in [-0.25, -0.2) is 0 Å². The zero-order chi connectivity index (χ0) is 34.3. The summed E-state index contributed by atoms with van der Waals surface area (Å²) in [5.74, 6) is -1.42. The topological polar surface area (TPSA) is 115 Å². The van der Waals surface area contributed by atoms with Gasteiger partial charge in [0.1, 0.15) is 11.1 Å². The molecule has 7 rings (SSSR count). The minimum Gasteiger partial charge on any atom is -0.341 e. The van der Waals surface area contributed by atoms with Gasteiger partial charge in [0.05, 0.1) is 0 Å². The van der Waals surface area contributed by atoms with Crippen LogP contribution < -0.4 is 0 Å². The first kappa shape index (κ1) is 32.7. The third kappa shape index (κ3) is 6.01. The molecule has 1 aliphatic carbocycles. The predicted octanol–water partition coefficient (Wildman–Crippen LogP) is 6.80. The lowest BCUT2D eigenvalue weighted by Crippen LogP contribution is -2.55. The fourth-order valence-corrected chi connectivity index (χ4v) is 8.64. The van der Waals surface area contributed by atoms with Crippen molar-refractivity contribution in [1.82, 2.24) is 9.80 Å². The van der Waals surface area contributed by atoms with Gasteiger partial charge in [-0.1, -0.05) is 109 Å². The number of nitrogens with zero attached hydrogens (tertiary/aromatic N) is 2. The average Bonchev–Trinajstić information content (AvgIpc) is 3.13. The number of rotatable bonds is 7. The molecule has 1 aliphatic heterocycles. The molecule has 2 atom stereocenters. The number of ketones is 1. The summed E-state index contributed by atoms with van der Waals surface area (Å²) in [5.41, 5.74) is -1.32. The van der Waals surface area contributed by atoms with Crippen molar-refractivity contribution in [3.63, 3.8) is 0 Å². The molecule has 0 spiro atoms. The molecular formula is C40H37N2O6P. The van der Waals surface area contributed by atoms with Crippen molar-refractivity contribution in [2.24, 2.45) is 5.41 Å². The monoisotopic (exact) mass is 672 g/mol. The summed E-state index contributed by atoms with van der Waals surface area (Å²) in [4.78, 5) is 68.1. The minimum atomic E-state index is -5.12. The largest absolute Gasteiger partial charge is 0.341 e. The van der Waals surface area contributed by atoms with E-state index >= 15 is 0 Å². The second-order valence-electron chi connectivity index (χ2n) is 13.1. The van der Waals surface area contributed by atoms with Gasteiger partial charge in [0.15, 0.2) is 5.78 Å². The predicted molar refractivity (Wildman–Crippen MR) is 191 cm³/mol. The van der Waals surface area contributed by atoms with E-state index in [0.717, 1.165) is 27.3 Å². The van der Waals surface area contributed by atoms with Crippen LogP contribution in [0.25, 0.3) is 27.6 Å². The van der Waals surface area contributed by atoms with Crippen molar-refractivity contribution < 1.29 is 28.7 Å². The molecule has 0 saturated carbocycles. The van der Waals surface area contributed by atoms with Crippen LogP contribution in [0.2, 0.25) is 0 Å². The summed E-state index contributed by atoms with van der Waals surface area (Å²) in [6.07, 6.45) is 4.23. The lowest BCUT2D eigenvalue weighted by molar-refractivity contribution is -0.147. The highest BCUT2D eigenvalue weighted by Gasteiger charge is 2.54. The van der Waals surface area contributed by atoms with Gasteiger partial charge in [0.2, 0.25) is 5.91 Å². The smallest absolute Gasteiger partial charge is 0.340 e. The summed E-state index contributed by atoms with van der Waals surface area (Å²) in [6.45, 7) is 0.851. The van der Waals surface area contributed by atoms with Gasteiger partial charge in [-0.2, -0.15) is 0 Å². The summed E-state index contributed by atoms with van der Waals surface area (Å²) < 4.78 is 13.3. The maximum atomic E-state index is 14.9. The molecule has 2 amide bonds. The molecule has 0 aromatic heterocycles. The van der Waals surface area contributed by atoms with E-state index in [9.17, 15) is 28.7 Å². The molecule has 49 heavy (non-hydrogen) atoms. The molecular weight excluding hydrogens is 635 g/mol. The van der Waals surface area contributed by atoms with Crippen LogP contribution in [0.1, 0.15) is 45.5 Å². The van der Waals surface area contributed by atoms with E-state index in [1.807, 2.05) is 84.9 Å². The lowest BCUT2D eigenvalue weighted by Gasteiger charge is -2.42. The third-order valence-corrected chi connectivity index (χ3v) is 11.4.